The maximum Gasteiger partial charge on any atom is 0.0638 e. The van der Waals surface area contributed by atoms with Crippen LogP contribution < -0.4 is 0 Å². The van der Waals surface area contributed by atoms with Gasteiger partial charge in [0.25, 0.3) is 0 Å². The minimum Gasteiger partial charge on any atom is -0.394 e. The third kappa shape index (κ3) is 3.33. The van der Waals surface area contributed by atoms with Crippen molar-refractivity contribution in [1.29, 1.82) is 5.26 Å². The highest BCUT2D eigenvalue weighted by molar-refractivity contribution is 4.88. The van der Waals surface area contributed by atoms with Crippen molar-refractivity contribution in [1.82, 2.24) is 4.90 Å². The molecule has 0 fully saturated rings. The molecular weight excluding hydrogens is 164 g/mol. The van der Waals surface area contributed by atoms with E-state index in [1.807, 2.05) is 20.9 Å². The molecule has 1 atom stereocenters. The van der Waals surface area contributed by atoms with Crippen molar-refractivity contribution in [2.45, 2.75) is 45.2 Å². The van der Waals surface area contributed by atoms with Crippen LogP contribution in [0.5, 0.6) is 0 Å². The minimum absolute atomic E-state index is 0.116. The molecule has 0 aliphatic heterocycles. The second-order valence-corrected chi connectivity index (χ2v) is 4.01. The van der Waals surface area contributed by atoms with Crippen LogP contribution in [-0.2, 0) is 0 Å². The normalized spacial score (nSPS) is 14.2. The zero-order valence-electron chi connectivity index (χ0n) is 9.04. The summed E-state index contributed by atoms with van der Waals surface area (Å²) in [5, 5.41) is 17.8. The Labute approximate surface area is 81.0 Å². The summed E-state index contributed by atoms with van der Waals surface area (Å²) in [5.74, 6) is 0. The Morgan fingerprint density at radius 1 is 1.54 bits per heavy atom. The molecule has 0 aromatic heterocycles. The van der Waals surface area contributed by atoms with E-state index in [-0.39, 0.29) is 18.2 Å². The van der Waals surface area contributed by atoms with Crippen molar-refractivity contribution in [2.24, 2.45) is 0 Å². The Bertz CT molecular complexity index is 184. The summed E-state index contributed by atoms with van der Waals surface area (Å²) < 4.78 is 0. The second-order valence-electron chi connectivity index (χ2n) is 4.01. The van der Waals surface area contributed by atoms with E-state index in [0.717, 1.165) is 6.42 Å². The summed E-state index contributed by atoms with van der Waals surface area (Å²) >= 11 is 0. The van der Waals surface area contributed by atoms with Gasteiger partial charge in [-0.2, -0.15) is 5.26 Å². The molecule has 3 nitrogen and oxygen atoms in total. The lowest BCUT2D eigenvalue weighted by Crippen LogP contribution is -2.49. The topological polar surface area (TPSA) is 47.3 Å². The first kappa shape index (κ1) is 12.4. The smallest absolute Gasteiger partial charge is 0.0638 e. The molecule has 0 heterocycles. The third-order valence-corrected chi connectivity index (χ3v) is 2.69. The highest BCUT2D eigenvalue weighted by Crippen LogP contribution is 2.18. The highest BCUT2D eigenvalue weighted by Gasteiger charge is 2.27. The predicted molar refractivity (Wildman–Crippen MR) is 53.2 cm³/mol. The lowest BCUT2D eigenvalue weighted by atomic mass is 10.00. The molecule has 0 saturated heterocycles. The molecule has 0 bridgehead atoms. The summed E-state index contributed by atoms with van der Waals surface area (Å²) in [7, 11) is 1.96. The van der Waals surface area contributed by atoms with Crippen LogP contribution in [0.1, 0.15) is 33.6 Å². The summed E-state index contributed by atoms with van der Waals surface area (Å²) in [6.07, 6.45) is 1.46. The van der Waals surface area contributed by atoms with Gasteiger partial charge in [0.05, 0.1) is 19.1 Å². The second kappa shape index (κ2) is 5.21. The first-order chi connectivity index (χ1) is 5.99. The van der Waals surface area contributed by atoms with Crippen molar-refractivity contribution >= 4 is 0 Å². The monoisotopic (exact) mass is 184 g/mol. The van der Waals surface area contributed by atoms with Gasteiger partial charge in [0, 0.05) is 11.6 Å². The van der Waals surface area contributed by atoms with Gasteiger partial charge in [-0.3, -0.25) is 4.90 Å². The van der Waals surface area contributed by atoms with Crippen molar-refractivity contribution in [3.63, 3.8) is 0 Å². The lowest BCUT2D eigenvalue weighted by Gasteiger charge is -2.38. The summed E-state index contributed by atoms with van der Waals surface area (Å²) in [4.78, 5) is 2.08. The maximum atomic E-state index is 9.15. The quantitative estimate of drug-likeness (QED) is 0.702. The van der Waals surface area contributed by atoms with Gasteiger partial charge in [-0.25, -0.2) is 0 Å². The number of hydrogen-bond acceptors (Lipinski definition) is 3. The van der Waals surface area contributed by atoms with E-state index in [2.05, 4.69) is 17.9 Å². The Morgan fingerprint density at radius 2 is 2.08 bits per heavy atom. The van der Waals surface area contributed by atoms with Gasteiger partial charge in [0.2, 0.25) is 0 Å². The van der Waals surface area contributed by atoms with E-state index >= 15 is 0 Å². The third-order valence-electron chi connectivity index (χ3n) is 2.69. The van der Waals surface area contributed by atoms with Gasteiger partial charge >= 0.3 is 0 Å². The van der Waals surface area contributed by atoms with Crippen LogP contribution >= 0.6 is 0 Å². The van der Waals surface area contributed by atoms with Crippen LogP contribution in [0.25, 0.3) is 0 Å². The molecule has 0 aliphatic rings. The molecule has 0 aromatic rings. The number of hydrogen-bond donors (Lipinski definition) is 1. The lowest BCUT2D eigenvalue weighted by molar-refractivity contribution is 0.0448. The van der Waals surface area contributed by atoms with Crippen LogP contribution in [-0.4, -0.2) is 35.2 Å². The molecule has 13 heavy (non-hydrogen) atoms. The van der Waals surface area contributed by atoms with Gasteiger partial charge in [-0.05, 0) is 27.3 Å². The zero-order valence-corrected chi connectivity index (χ0v) is 9.04. The average molecular weight is 184 g/mol. The molecule has 0 amide bonds. The Morgan fingerprint density at radius 3 is 2.38 bits per heavy atom. The van der Waals surface area contributed by atoms with Crippen molar-refractivity contribution in [2.75, 3.05) is 13.7 Å². The zero-order chi connectivity index (χ0) is 10.5. The number of nitrogens with zero attached hydrogens (tertiary/aromatic N) is 2. The largest absolute Gasteiger partial charge is 0.394 e. The van der Waals surface area contributed by atoms with Crippen LogP contribution in [0.2, 0.25) is 0 Å². The van der Waals surface area contributed by atoms with E-state index in [0.29, 0.717) is 6.42 Å². The van der Waals surface area contributed by atoms with Crippen molar-refractivity contribution in [3.05, 3.63) is 0 Å². The van der Waals surface area contributed by atoms with Gasteiger partial charge in [0.15, 0.2) is 0 Å². The van der Waals surface area contributed by atoms with E-state index in [9.17, 15) is 0 Å². The van der Waals surface area contributed by atoms with Gasteiger partial charge in [-0.1, -0.05) is 6.92 Å². The van der Waals surface area contributed by atoms with Crippen LogP contribution in [0.15, 0.2) is 0 Å². The van der Waals surface area contributed by atoms with E-state index in [4.69, 9.17) is 10.4 Å². The van der Waals surface area contributed by atoms with Crippen LogP contribution in [0.3, 0.4) is 0 Å². The SMILES string of the molecule is CCC(CC#N)N(C)C(C)(C)CO. The Hall–Kier alpha value is -0.590. The molecular formula is C10H20N2O. The average Bonchev–Trinajstić information content (AvgIpc) is 2.13. The Balaban J connectivity index is 4.36. The standard InChI is InChI=1S/C10H20N2O/c1-5-9(6-7-11)12(4)10(2,3)8-13/h9,13H,5-6,8H2,1-4H3. The first-order valence-electron chi connectivity index (χ1n) is 4.70. The molecule has 1 N–H and O–H groups in total. The number of likely N-dealkylation sites (N-methyl/N-ethyl adjacent to an activating group) is 1. The number of rotatable bonds is 5. The molecule has 0 aliphatic carbocycles. The number of aliphatic hydroxyl groups excluding tert-OH is 1. The van der Waals surface area contributed by atoms with Gasteiger partial charge < -0.3 is 5.11 Å². The summed E-state index contributed by atoms with van der Waals surface area (Å²) in [6, 6.07) is 2.42. The van der Waals surface area contributed by atoms with E-state index in [1.54, 1.807) is 0 Å². The van der Waals surface area contributed by atoms with Crippen molar-refractivity contribution < 1.29 is 5.11 Å². The number of nitriles is 1. The molecule has 0 radical (unpaired) electrons. The van der Waals surface area contributed by atoms with E-state index in [1.165, 1.54) is 0 Å². The predicted octanol–water partition coefficient (Wildman–Crippen LogP) is 1.38. The maximum absolute atomic E-state index is 9.15. The molecule has 0 saturated carbocycles. The van der Waals surface area contributed by atoms with Gasteiger partial charge in [-0.15, -0.1) is 0 Å². The molecule has 0 spiro atoms. The van der Waals surface area contributed by atoms with Gasteiger partial charge in [0.1, 0.15) is 0 Å². The first-order valence-corrected chi connectivity index (χ1v) is 4.70. The summed E-state index contributed by atoms with van der Waals surface area (Å²) in [6.45, 7) is 6.14. The van der Waals surface area contributed by atoms with Crippen molar-refractivity contribution in [3.8, 4) is 6.07 Å². The fourth-order valence-corrected chi connectivity index (χ4v) is 1.27. The summed E-state index contributed by atoms with van der Waals surface area (Å²) in [5.41, 5.74) is -0.239. The fourth-order valence-electron chi connectivity index (χ4n) is 1.27. The molecule has 76 valence electrons. The van der Waals surface area contributed by atoms with Crippen LogP contribution in [0, 0.1) is 11.3 Å². The highest BCUT2D eigenvalue weighted by atomic mass is 16.3. The fraction of sp³-hybridized carbons (Fsp3) is 0.900. The molecule has 0 rings (SSSR count). The van der Waals surface area contributed by atoms with Crippen LogP contribution in [0.4, 0.5) is 0 Å². The Kier molecular flexibility index (Phi) is 4.97. The molecule has 0 aromatic carbocycles. The molecule has 3 heteroatoms. The number of aliphatic hydroxyl groups is 1. The van der Waals surface area contributed by atoms with E-state index < -0.39 is 0 Å². The minimum atomic E-state index is -0.239. The molecule has 1 unspecified atom stereocenters.